The first-order chi connectivity index (χ1) is 13.0. The SMILES string of the molecule is CCC1=C2CC(C(=O)OC)(C(=O)OC)CC2=C(CC)C(c2ccccc2)C1. The van der Waals surface area contributed by atoms with Crippen LogP contribution in [0.3, 0.4) is 0 Å². The molecule has 144 valence electrons. The Bertz CT molecular complexity index is 785. The van der Waals surface area contributed by atoms with Crippen molar-refractivity contribution in [3.63, 3.8) is 0 Å². The molecule has 2 aliphatic carbocycles. The highest BCUT2D eigenvalue weighted by atomic mass is 16.5. The Morgan fingerprint density at radius 2 is 1.56 bits per heavy atom. The van der Waals surface area contributed by atoms with Gasteiger partial charge in [0.1, 0.15) is 0 Å². The van der Waals surface area contributed by atoms with E-state index in [2.05, 4.69) is 38.1 Å². The lowest BCUT2D eigenvalue weighted by atomic mass is 9.75. The summed E-state index contributed by atoms with van der Waals surface area (Å²) in [5.41, 5.74) is 5.07. The first kappa shape index (κ1) is 19.4. The molecular formula is C23H28O4. The molecule has 27 heavy (non-hydrogen) atoms. The minimum atomic E-state index is -1.25. The summed E-state index contributed by atoms with van der Waals surface area (Å²) in [6, 6.07) is 10.5. The highest BCUT2D eigenvalue weighted by Crippen LogP contribution is 2.55. The van der Waals surface area contributed by atoms with Crippen LogP contribution in [0.2, 0.25) is 0 Å². The smallest absolute Gasteiger partial charge is 0.323 e. The van der Waals surface area contributed by atoms with Crippen LogP contribution in [0.1, 0.15) is 57.4 Å². The molecule has 2 aliphatic rings. The van der Waals surface area contributed by atoms with E-state index in [0.717, 1.165) is 19.3 Å². The van der Waals surface area contributed by atoms with Crippen LogP contribution in [-0.2, 0) is 19.1 Å². The normalized spacial score (nSPS) is 21.1. The molecule has 3 rings (SSSR count). The van der Waals surface area contributed by atoms with Crippen LogP contribution in [0.4, 0.5) is 0 Å². The van der Waals surface area contributed by atoms with Gasteiger partial charge in [-0.3, -0.25) is 9.59 Å². The lowest BCUT2D eigenvalue weighted by Gasteiger charge is -2.30. The number of methoxy groups -OCH3 is 2. The van der Waals surface area contributed by atoms with Crippen LogP contribution in [-0.4, -0.2) is 26.2 Å². The first-order valence-corrected chi connectivity index (χ1v) is 9.67. The predicted octanol–water partition coefficient (Wildman–Crippen LogP) is 4.71. The van der Waals surface area contributed by atoms with E-state index in [1.165, 1.54) is 42.1 Å². The van der Waals surface area contributed by atoms with Gasteiger partial charge in [-0.1, -0.05) is 55.3 Å². The zero-order valence-corrected chi connectivity index (χ0v) is 16.6. The summed E-state index contributed by atoms with van der Waals surface area (Å²) in [6.07, 6.45) is 3.51. The van der Waals surface area contributed by atoms with Gasteiger partial charge in [0.15, 0.2) is 5.41 Å². The molecule has 0 spiro atoms. The van der Waals surface area contributed by atoms with E-state index in [4.69, 9.17) is 9.47 Å². The van der Waals surface area contributed by atoms with Gasteiger partial charge in [0.05, 0.1) is 14.2 Å². The van der Waals surface area contributed by atoms with E-state index in [0.29, 0.717) is 18.8 Å². The first-order valence-electron chi connectivity index (χ1n) is 9.67. The summed E-state index contributed by atoms with van der Waals surface area (Å²) < 4.78 is 10.1. The van der Waals surface area contributed by atoms with Gasteiger partial charge in [0.25, 0.3) is 0 Å². The molecule has 0 aromatic heterocycles. The number of carbonyl (C=O) groups excluding carboxylic acids is 2. The van der Waals surface area contributed by atoms with Gasteiger partial charge in [-0.05, 0) is 48.8 Å². The summed E-state index contributed by atoms with van der Waals surface area (Å²) in [7, 11) is 2.68. The Morgan fingerprint density at radius 3 is 2.07 bits per heavy atom. The summed E-state index contributed by atoms with van der Waals surface area (Å²) in [5.74, 6) is -0.687. The Kier molecular flexibility index (Phi) is 5.54. The van der Waals surface area contributed by atoms with Crippen LogP contribution in [0.25, 0.3) is 0 Å². The number of rotatable bonds is 5. The van der Waals surface area contributed by atoms with Gasteiger partial charge in [-0.25, -0.2) is 0 Å². The fourth-order valence-corrected chi connectivity index (χ4v) is 4.81. The second-order valence-corrected chi connectivity index (χ2v) is 7.38. The van der Waals surface area contributed by atoms with Crippen molar-refractivity contribution in [1.82, 2.24) is 0 Å². The predicted molar refractivity (Wildman–Crippen MR) is 104 cm³/mol. The van der Waals surface area contributed by atoms with Gasteiger partial charge in [0, 0.05) is 5.92 Å². The molecule has 1 unspecified atom stereocenters. The summed E-state index contributed by atoms with van der Waals surface area (Å²) >= 11 is 0. The third kappa shape index (κ3) is 3.11. The number of ether oxygens (including phenoxy) is 2. The Morgan fingerprint density at radius 1 is 0.963 bits per heavy atom. The van der Waals surface area contributed by atoms with Gasteiger partial charge in [0.2, 0.25) is 0 Å². The van der Waals surface area contributed by atoms with Gasteiger partial charge >= 0.3 is 11.9 Å². The molecule has 4 nitrogen and oxygen atoms in total. The van der Waals surface area contributed by atoms with Crippen LogP contribution in [0.5, 0.6) is 0 Å². The van der Waals surface area contributed by atoms with Crippen molar-refractivity contribution in [2.75, 3.05) is 14.2 Å². The summed E-state index contributed by atoms with van der Waals surface area (Å²) in [6.45, 7) is 4.30. The molecule has 1 atom stereocenters. The highest BCUT2D eigenvalue weighted by Gasteiger charge is 2.55. The minimum Gasteiger partial charge on any atom is -0.468 e. The average Bonchev–Trinajstić information content (AvgIpc) is 3.13. The number of allylic oxidation sites excluding steroid dienone is 4. The second-order valence-electron chi connectivity index (χ2n) is 7.38. The molecule has 0 N–H and O–H groups in total. The second kappa shape index (κ2) is 7.71. The maximum atomic E-state index is 12.7. The molecule has 0 bridgehead atoms. The van der Waals surface area contributed by atoms with Crippen molar-refractivity contribution in [2.45, 2.75) is 51.9 Å². The topological polar surface area (TPSA) is 52.6 Å². The maximum absolute atomic E-state index is 12.7. The standard InChI is InChI=1S/C23H28O4/c1-5-15-12-18(16-10-8-7-9-11-16)17(6-2)20-14-23(13-19(15)20,21(24)26-3)22(25)27-4/h7-11,18H,5-6,12-14H2,1-4H3. The molecule has 0 heterocycles. The molecule has 1 aromatic carbocycles. The van der Waals surface area contributed by atoms with Gasteiger partial charge in [-0.15, -0.1) is 0 Å². The largest absolute Gasteiger partial charge is 0.468 e. The molecule has 0 saturated heterocycles. The van der Waals surface area contributed by atoms with Crippen molar-refractivity contribution >= 4 is 11.9 Å². The lowest BCUT2D eigenvalue weighted by molar-refractivity contribution is -0.168. The number of carbonyl (C=O) groups is 2. The fourth-order valence-electron chi connectivity index (χ4n) is 4.81. The number of esters is 2. The zero-order valence-electron chi connectivity index (χ0n) is 16.6. The average molecular weight is 368 g/mol. The van der Waals surface area contributed by atoms with E-state index in [-0.39, 0.29) is 0 Å². The van der Waals surface area contributed by atoms with Crippen molar-refractivity contribution in [2.24, 2.45) is 5.41 Å². The van der Waals surface area contributed by atoms with Crippen LogP contribution in [0, 0.1) is 5.41 Å². The number of fused-ring (bicyclic) bond motifs is 1. The van der Waals surface area contributed by atoms with Crippen LogP contribution >= 0.6 is 0 Å². The molecule has 1 aromatic rings. The Hall–Kier alpha value is -2.36. The van der Waals surface area contributed by atoms with E-state index in [1.807, 2.05) is 6.07 Å². The molecule has 4 heteroatoms. The summed E-state index contributed by atoms with van der Waals surface area (Å²) in [4.78, 5) is 25.3. The van der Waals surface area contributed by atoms with Crippen molar-refractivity contribution in [3.05, 3.63) is 58.2 Å². The Labute approximate surface area is 161 Å². The highest BCUT2D eigenvalue weighted by molar-refractivity contribution is 6.02. The minimum absolute atomic E-state index is 0.302. The van der Waals surface area contributed by atoms with E-state index < -0.39 is 17.4 Å². The lowest BCUT2D eigenvalue weighted by Crippen LogP contribution is -2.38. The van der Waals surface area contributed by atoms with E-state index in [9.17, 15) is 9.59 Å². The quantitative estimate of drug-likeness (QED) is 0.558. The molecule has 1 saturated carbocycles. The van der Waals surface area contributed by atoms with Crippen molar-refractivity contribution in [3.8, 4) is 0 Å². The third-order valence-corrected chi connectivity index (χ3v) is 6.17. The van der Waals surface area contributed by atoms with Gasteiger partial charge < -0.3 is 9.47 Å². The summed E-state index contributed by atoms with van der Waals surface area (Å²) in [5, 5.41) is 0. The van der Waals surface area contributed by atoms with Crippen LogP contribution < -0.4 is 0 Å². The molecule has 1 fully saturated rings. The maximum Gasteiger partial charge on any atom is 0.323 e. The molecule has 0 radical (unpaired) electrons. The molecule has 0 amide bonds. The molecule has 0 aliphatic heterocycles. The number of hydrogen-bond acceptors (Lipinski definition) is 4. The molecular weight excluding hydrogens is 340 g/mol. The van der Waals surface area contributed by atoms with E-state index >= 15 is 0 Å². The van der Waals surface area contributed by atoms with Crippen molar-refractivity contribution in [1.29, 1.82) is 0 Å². The Balaban J connectivity index is 2.16. The van der Waals surface area contributed by atoms with E-state index in [1.54, 1.807) is 0 Å². The van der Waals surface area contributed by atoms with Crippen LogP contribution in [0.15, 0.2) is 52.6 Å². The zero-order chi connectivity index (χ0) is 19.6. The van der Waals surface area contributed by atoms with Gasteiger partial charge in [-0.2, -0.15) is 0 Å². The fraction of sp³-hybridized carbons (Fsp3) is 0.478. The number of benzene rings is 1. The monoisotopic (exact) mass is 368 g/mol. The van der Waals surface area contributed by atoms with Crippen molar-refractivity contribution < 1.29 is 19.1 Å². The number of hydrogen-bond donors (Lipinski definition) is 0. The third-order valence-electron chi connectivity index (χ3n) is 6.17.